The van der Waals surface area contributed by atoms with Gasteiger partial charge in [-0.05, 0) is 72.0 Å². The van der Waals surface area contributed by atoms with Crippen molar-refractivity contribution < 1.29 is 9.90 Å². The van der Waals surface area contributed by atoms with Gasteiger partial charge in [0, 0.05) is 19.0 Å². The van der Waals surface area contributed by atoms with Gasteiger partial charge in [0.25, 0.3) is 0 Å². The summed E-state index contributed by atoms with van der Waals surface area (Å²) in [5, 5.41) is 11.1. The van der Waals surface area contributed by atoms with Crippen molar-refractivity contribution in [1.82, 2.24) is 4.98 Å². The predicted octanol–water partition coefficient (Wildman–Crippen LogP) is 4.58. The Morgan fingerprint density at radius 3 is 2.78 bits per heavy atom. The minimum absolute atomic E-state index is 0.0860. The SMILES string of the molecule is C[C@]12CCC(=O)CC1=C[C@H](O)[C@@H]1[C@@H]2CC[C@]2(C)C(c3ccccn3)=CC[C@@H]12. The molecule has 0 unspecified atom stereocenters. The van der Waals surface area contributed by atoms with Gasteiger partial charge in [-0.1, -0.05) is 37.6 Å². The Bertz CT molecular complexity index is 841. The molecule has 1 N–H and O–H groups in total. The Hall–Kier alpha value is -1.74. The van der Waals surface area contributed by atoms with Crippen molar-refractivity contribution in [3.8, 4) is 0 Å². The molecule has 27 heavy (non-hydrogen) atoms. The van der Waals surface area contributed by atoms with E-state index in [1.165, 1.54) is 11.1 Å². The first-order valence-electron chi connectivity index (χ1n) is 10.5. The van der Waals surface area contributed by atoms with Gasteiger partial charge in [0.15, 0.2) is 0 Å². The summed E-state index contributed by atoms with van der Waals surface area (Å²) in [6, 6.07) is 6.16. The summed E-state index contributed by atoms with van der Waals surface area (Å²) in [5.74, 6) is 1.55. The lowest BCUT2D eigenvalue weighted by Gasteiger charge is -2.58. The van der Waals surface area contributed by atoms with Gasteiger partial charge in [-0.2, -0.15) is 0 Å². The molecule has 4 aliphatic carbocycles. The number of hydrogen-bond donors (Lipinski definition) is 1. The van der Waals surface area contributed by atoms with Crippen molar-refractivity contribution >= 4 is 11.4 Å². The number of carbonyl (C=O) groups is 1. The van der Waals surface area contributed by atoms with Gasteiger partial charge in [0.1, 0.15) is 5.78 Å². The predicted molar refractivity (Wildman–Crippen MR) is 106 cm³/mol. The van der Waals surface area contributed by atoms with E-state index in [4.69, 9.17) is 0 Å². The van der Waals surface area contributed by atoms with Crippen LogP contribution in [0, 0.1) is 28.6 Å². The molecule has 6 atom stereocenters. The van der Waals surface area contributed by atoms with Gasteiger partial charge in [-0.15, -0.1) is 0 Å². The summed E-state index contributed by atoms with van der Waals surface area (Å²) in [4.78, 5) is 16.6. The van der Waals surface area contributed by atoms with Crippen molar-refractivity contribution in [1.29, 1.82) is 0 Å². The van der Waals surface area contributed by atoms with Crippen LogP contribution >= 0.6 is 0 Å². The third-order valence-corrected chi connectivity index (χ3v) is 8.48. The molecule has 5 rings (SSSR count). The van der Waals surface area contributed by atoms with Gasteiger partial charge in [0.05, 0.1) is 11.8 Å². The zero-order chi connectivity index (χ0) is 18.8. The van der Waals surface area contributed by atoms with Crippen LogP contribution in [0.2, 0.25) is 0 Å². The highest BCUT2D eigenvalue weighted by Crippen LogP contribution is 2.65. The van der Waals surface area contributed by atoms with Gasteiger partial charge in [0.2, 0.25) is 0 Å². The van der Waals surface area contributed by atoms with Gasteiger partial charge >= 0.3 is 0 Å². The van der Waals surface area contributed by atoms with Gasteiger partial charge in [-0.25, -0.2) is 0 Å². The normalized spacial score (nSPS) is 43.3. The lowest BCUT2D eigenvalue weighted by Crippen LogP contribution is -2.54. The molecule has 1 aromatic rings. The number of aromatic nitrogens is 1. The number of ketones is 1. The van der Waals surface area contributed by atoms with Crippen LogP contribution in [0.3, 0.4) is 0 Å². The Morgan fingerprint density at radius 1 is 1.15 bits per heavy atom. The average molecular weight is 364 g/mol. The molecule has 2 fully saturated rings. The maximum absolute atomic E-state index is 12.0. The van der Waals surface area contributed by atoms with E-state index in [1.807, 2.05) is 12.3 Å². The van der Waals surface area contributed by atoms with E-state index in [0.29, 0.717) is 30.5 Å². The maximum Gasteiger partial charge on any atom is 0.136 e. The number of nitrogens with zero attached hydrogens (tertiary/aromatic N) is 1. The van der Waals surface area contributed by atoms with Crippen molar-refractivity contribution in [2.24, 2.45) is 28.6 Å². The average Bonchev–Trinajstić information content (AvgIpc) is 3.01. The summed E-state index contributed by atoms with van der Waals surface area (Å²) < 4.78 is 0. The van der Waals surface area contributed by atoms with Crippen LogP contribution in [-0.4, -0.2) is 22.0 Å². The van der Waals surface area contributed by atoms with Gasteiger partial charge < -0.3 is 5.11 Å². The van der Waals surface area contributed by atoms with Crippen LogP contribution < -0.4 is 0 Å². The van der Waals surface area contributed by atoms with Crippen LogP contribution in [0.15, 0.2) is 42.1 Å². The van der Waals surface area contributed by atoms with E-state index in [2.05, 4.69) is 43.1 Å². The second-order valence-corrected chi connectivity index (χ2v) is 9.63. The molecule has 0 spiro atoms. The molecule has 0 amide bonds. The van der Waals surface area contributed by atoms with Crippen molar-refractivity contribution in [2.45, 2.75) is 58.5 Å². The second kappa shape index (κ2) is 5.88. The van der Waals surface area contributed by atoms with E-state index in [0.717, 1.165) is 31.4 Å². The number of rotatable bonds is 1. The molecular weight excluding hydrogens is 334 g/mol. The van der Waals surface area contributed by atoms with Crippen molar-refractivity contribution in [3.63, 3.8) is 0 Å². The second-order valence-electron chi connectivity index (χ2n) is 9.63. The smallest absolute Gasteiger partial charge is 0.136 e. The fraction of sp³-hybridized carbons (Fsp3) is 0.583. The molecule has 0 radical (unpaired) electrons. The molecule has 3 heteroatoms. The first-order valence-corrected chi connectivity index (χ1v) is 10.5. The molecular formula is C24H29NO2. The molecule has 142 valence electrons. The minimum Gasteiger partial charge on any atom is -0.389 e. The summed E-state index contributed by atoms with van der Waals surface area (Å²) in [5.41, 5.74) is 3.86. The molecule has 3 nitrogen and oxygen atoms in total. The van der Waals surface area contributed by atoms with E-state index in [-0.39, 0.29) is 16.7 Å². The fourth-order valence-corrected chi connectivity index (χ4v) is 6.96. The molecule has 1 heterocycles. The van der Waals surface area contributed by atoms with Crippen LogP contribution in [0.4, 0.5) is 0 Å². The molecule has 4 aliphatic rings. The Balaban J connectivity index is 1.52. The Labute approximate surface area is 161 Å². The highest BCUT2D eigenvalue weighted by molar-refractivity contribution is 5.82. The first-order chi connectivity index (χ1) is 12.9. The number of aliphatic hydroxyl groups is 1. The van der Waals surface area contributed by atoms with E-state index >= 15 is 0 Å². The lowest BCUT2D eigenvalue weighted by molar-refractivity contribution is -0.123. The lowest BCUT2D eigenvalue weighted by atomic mass is 9.47. The largest absolute Gasteiger partial charge is 0.389 e. The van der Waals surface area contributed by atoms with Crippen molar-refractivity contribution in [3.05, 3.63) is 47.8 Å². The zero-order valence-corrected chi connectivity index (χ0v) is 16.3. The van der Waals surface area contributed by atoms with E-state index in [9.17, 15) is 9.90 Å². The van der Waals surface area contributed by atoms with Crippen LogP contribution in [0.1, 0.15) is 58.1 Å². The van der Waals surface area contributed by atoms with Gasteiger partial charge in [-0.3, -0.25) is 9.78 Å². The highest BCUT2D eigenvalue weighted by Gasteiger charge is 2.59. The summed E-state index contributed by atoms with van der Waals surface area (Å²) in [6.07, 6.45) is 11.4. The molecule has 0 bridgehead atoms. The molecule has 0 aromatic carbocycles. The molecule has 1 aromatic heterocycles. The standard InChI is InChI=1S/C24H29NO2/c1-23-10-8-16(26)13-15(23)14-21(27)22-18-7-6-17(20-5-3-4-12-25-20)24(18,2)11-9-19(22)23/h3-6,12,14,18-19,21-22,27H,7-11,13H2,1-2H3/t18-,19-,21-,22-,23-,24+/m0/s1. The summed E-state index contributed by atoms with van der Waals surface area (Å²) in [7, 11) is 0. The number of aliphatic hydroxyl groups excluding tert-OH is 1. The topological polar surface area (TPSA) is 50.2 Å². The third-order valence-electron chi connectivity index (χ3n) is 8.48. The van der Waals surface area contributed by atoms with Crippen LogP contribution in [0.25, 0.3) is 5.57 Å². The number of fused-ring (bicyclic) bond motifs is 5. The summed E-state index contributed by atoms with van der Waals surface area (Å²) in [6.45, 7) is 4.75. The fourth-order valence-electron chi connectivity index (χ4n) is 6.96. The first kappa shape index (κ1) is 17.4. The van der Waals surface area contributed by atoms with E-state index in [1.54, 1.807) is 0 Å². The van der Waals surface area contributed by atoms with Crippen molar-refractivity contribution in [2.75, 3.05) is 0 Å². The minimum atomic E-state index is -0.426. The quantitative estimate of drug-likeness (QED) is 0.743. The molecule has 2 saturated carbocycles. The number of hydrogen-bond acceptors (Lipinski definition) is 3. The Kier molecular flexibility index (Phi) is 3.78. The number of Topliss-reactive ketones (excluding diaryl/α,β-unsaturated/α-hetero) is 1. The third kappa shape index (κ3) is 2.37. The number of allylic oxidation sites excluding steroid dienone is 3. The summed E-state index contributed by atoms with van der Waals surface area (Å²) >= 11 is 0. The molecule has 0 aliphatic heterocycles. The monoisotopic (exact) mass is 363 g/mol. The number of carbonyl (C=O) groups excluding carboxylic acids is 1. The zero-order valence-electron chi connectivity index (χ0n) is 16.3. The highest BCUT2D eigenvalue weighted by atomic mass is 16.3. The maximum atomic E-state index is 12.0. The van der Waals surface area contributed by atoms with E-state index < -0.39 is 6.10 Å². The molecule has 0 saturated heterocycles. The van der Waals surface area contributed by atoms with Crippen LogP contribution in [-0.2, 0) is 4.79 Å². The van der Waals surface area contributed by atoms with Crippen LogP contribution in [0.5, 0.6) is 0 Å². The Morgan fingerprint density at radius 2 is 2.00 bits per heavy atom. The number of pyridine rings is 1.